The molecule has 0 saturated heterocycles. The van der Waals surface area contributed by atoms with E-state index in [1.54, 1.807) is 74.8 Å². The van der Waals surface area contributed by atoms with Crippen LogP contribution in [-0.2, 0) is 28.6 Å². The third kappa shape index (κ3) is 18.9. The zero-order chi connectivity index (χ0) is 54.4. The van der Waals surface area contributed by atoms with Gasteiger partial charge in [-0.25, -0.2) is 14.4 Å². The van der Waals surface area contributed by atoms with Gasteiger partial charge in [0, 0.05) is 63.3 Å². The normalized spacial score (nSPS) is 11.8. The third-order valence-electron chi connectivity index (χ3n) is 9.97. The van der Waals surface area contributed by atoms with Crippen LogP contribution in [0.25, 0.3) is 18.2 Å². The van der Waals surface area contributed by atoms with Gasteiger partial charge in [-0.05, 0) is 66.6 Å². The number of benzene rings is 3. The van der Waals surface area contributed by atoms with Crippen molar-refractivity contribution in [2.75, 3.05) is 74.8 Å². The van der Waals surface area contributed by atoms with Crippen molar-refractivity contribution in [1.29, 1.82) is 26.3 Å². The number of carbonyl (C=O) groups is 3. The molecule has 73 heavy (non-hydrogen) atoms. The van der Waals surface area contributed by atoms with Crippen molar-refractivity contribution < 1.29 is 64.4 Å². The van der Waals surface area contributed by atoms with Crippen LogP contribution in [0.2, 0.25) is 0 Å². The average Bonchev–Trinajstić information content (AvgIpc) is 3.35. The molecule has 3 aromatic rings. The van der Waals surface area contributed by atoms with E-state index in [4.69, 9.17) is 24.7 Å². The fraction of sp³-hybridized carbons (Fsp3) is 0.294. The number of ether oxygens (including phenoxy) is 5. The van der Waals surface area contributed by atoms with E-state index in [1.807, 2.05) is 21.9 Å². The van der Waals surface area contributed by atoms with Gasteiger partial charge in [0.15, 0.2) is 5.75 Å². The van der Waals surface area contributed by atoms with Crippen LogP contribution < -0.4 is 24.2 Å². The number of halogens is 6. The molecule has 380 valence electrons. The molecule has 0 aliphatic heterocycles. The van der Waals surface area contributed by atoms with Crippen LogP contribution >= 0.6 is 0 Å². The summed E-state index contributed by atoms with van der Waals surface area (Å²) in [5, 5.41) is 47.6. The van der Waals surface area contributed by atoms with Crippen molar-refractivity contribution in [1.82, 2.24) is 0 Å². The van der Waals surface area contributed by atoms with Crippen LogP contribution in [-0.4, -0.2) is 90.7 Å². The first kappa shape index (κ1) is 58.1. The smallest absolute Gasteiger partial charge is 0.461 e. The van der Waals surface area contributed by atoms with Gasteiger partial charge in [0.25, 0.3) is 0 Å². The summed E-state index contributed by atoms with van der Waals surface area (Å²) < 4.78 is 107. The topological polar surface area (TPSA) is 226 Å². The molecular weight excluding hydrogens is 967 g/mol. The summed E-state index contributed by atoms with van der Waals surface area (Å²) in [5.74, 6) is -6.21. The predicted molar refractivity (Wildman–Crippen MR) is 254 cm³/mol. The van der Waals surface area contributed by atoms with Crippen molar-refractivity contribution in [3.63, 3.8) is 0 Å². The number of nitriles is 5. The van der Waals surface area contributed by atoms with Gasteiger partial charge in [-0.1, -0.05) is 36.4 Å². The monoisotopic (exact) mass is 1010 g/mol. The summed E-state index contributed by atoms with van der Waals surface area (Å²) in [6, 6.07) is 23.0. The van der Waals surface area contributed by atoms with Crippen LogP contribution in [0.3, 0.4) is 0 Å². The van der Waals surface area contributed by atoms with Crippen LogP contribution in [0.5, 0.6) is 11.5 Å². The van der Waals surface area contributed by atoms with Crippen LogP contribution in [0.1, 0.15) is 36.5 Å². The molecule has 3 aromatic carbocycles. The fourth-order valence-electron chi connectivity index (χ4n) is 6.25. The van der Waals surface area contributed by atoms with Crippen molar-refractivity contribution in [3.8, 4) is 41.8 Å². The Kier molecular flexibility index (Phi) is 21.7. The molecule has 22 heteroatoms. The molecule has 0 radical (unpaired) electrons. The second-order valence-corrected chi connectivity index (χ2v) is 15.8. The Hall–Kier alpha value is -9.20. The molecule has 3 rings (SSSR count). The standard InChI is InChI=1S/C51H46F6N8O8/c1-6-20-65(21-7-2)43-28-44(72-50(52,53)54)37(27-45(43)73-51(55,56)57)26-40(31-62)48(68)71-34-49(3,32-69-46(66)38(29-60)24-35-10-14-41(15-11-35)63(4)22-8-18-58)33-70-47(67)39(30-61)25-36-12-16-42(17-13-36)64(5)23-9-19-59/h6-7,10-17,24-28H,1-2,8-9,20-23,32-34H2,3-5H3/b38-24+,39-25+,40-26+. The minimum Gasteiger partial charge on any atom is -0.461 e. The maximum atomic E-state index is 13.7. The first-order valence-electron chi connectivity index (χ1n) is 21.4. The van der Waals surface area contributed by atoms with Gasteiger partial charge in [0.05, 0.1) is 36.1 Å². The lowest BCUT2D eigenvalue weighted by molar-refractivity contribution is -0.276. The zero-order valence-electron chi connectivity index (χ0n) is 39.5. The van der Waals surface area contributed by atoms with E-state index in [9.17, 15) is 56.5 Å². The van der Waals surface area contributed by atoms with E-state index in [2.05, 4.69) is 22.6 Å². The number of rotatable bonds is 25. The number of carbonyl (C=O) groups excluding carboxylic acids is 3. The Morgan fingerprint density at radius 3 is 1.30 bits per heavy atom. The van der Waals surface area contributed by atoms with Crippen molar-refractivity contribution in [2.24, 2.45) is 5.41 Å². The van der Waals surface area contributed by atoms with Gasteiger partial charge < -0.3 is 38.4 Å². The summed E-state index contributed by atoms with van der Waals surface area (Å²) in [7, 11) is 3.52. The Bertz CT molecular complexity index is 2670. The number of anilines is 3. The molecule has 0 aromatic heterocycles. The molecule has 0 aliphatic rings. The molecule has 0 amide bonds. The first-order valence-corrected chi connectivity index (χ1v) is 21.4. The highest BCUT2D eigenvalue weighted by Gasteiger charge is 2.37. The number of esters is 3. The quantitative estimate of drug-likeness (QED) is 0.0192. The minimum atomic E-state index is -5.44. The Balaban J connectivity index is 2.03. The Morgan fingerprint density at radius 1 is 0.589 bits per heavy atom. The summed E-state index contributed by atoms with van der Waals surface area (Å²) in [4.78, 5) is 44.9. The molecule has 0 heterocycles. The lowest BCUT2D eigenvalue weighted by Crippen LogP contribution is -2.37. The molecule has 0 spiro atoms. The Labute approximate surface area is 416 Å². The van der Waals surface area contributed by atoms with Crippen LogP contribution in [0, 0.1) is 62.1 Å². The maximum Gasteiger partial charge on any atom is 0.573 e. The van der Waals surface area contributed by atoms with Crippen LogP contribution in [0.15, 0.2) is 103 Å². The zero-order valence-corrected chi connectivity index (χ0v) is 39.5. The van der Waals surface area contributed by atoms with Crippen molar-refractivity contribution in [2.45, 2.75) is 32.5 Å². The highest BCUT2D eigenvalue weighted by atomic mass is 19.4. The number of alkyl halides is 6. The minimum absolute atomic E-state index is 0.211. The van der Waals surface area contributed by atoms with Crippen LogP contribution in [0.4, 0.5) is 43.4 Å². The molecule has 0 atom stereocenters. The number of hydrogen-bond donors (Lipinski definition) is 0. The van der Waals surface area contributed by atoms with Gasteiger partial charge in [-0.2, -0.15) is 26.3 Å². The van der Waals surface area contributed by atoms with Gasteiger partial charge >= 0.3 is 30.6 Å². The maximum absolute atomic E-state index is 13.7. The lowest BCUT2D eigenvalue weighted by Gasteiger charge is -2.28. The second kappa shape index (κ2) is 27.3. The summed E-state index contributed by atoms with van der Waals surface area (Å²) in [6.45, 7) is 6.21. The lowest BCUT2D eigenvalue weighted by atomic mass is 9.94. The molecule has 0 fully saturated rings. The van der Waals surface area contributed by atoms with Gasteiger partial charge in [0.2, 0.25) is 0 Å². The van der Waals surface area contributed by atoms with E-state index in [0.29, 0.717) is 42.4 Å². The molecule has 0 N–H and O–H groups in total. The highest BCUT2D eigenvalue weighted by Crippen LogP contribution is 2.41. The van der Waals surface area contributed by atoms with Gasteiger partial charge in [-0.15, -0.1) is 39.5 Å². The van der Waals surface area contributed by atoms with E-state index in [1.165, 1.54) is 37.3 Å². The predicted octanol–water partition coefficient (Wildman–Crippen LogP) is 9.12. The average molecular weight is 1010 g/mol. The summed E-state index contributed by atoms with van der Waals surface area (Å²) in [6.07, 6.45) is -4.98. The molecular formula is C51H46F6N8O8. The SMILES string of the molecule is C=CCN(CC=C)c1cc(OC(F)(F)F)c(/C=C(\C#N)C(=O)OCC(C)(COC(=O)/C(C#N)=C/c2ccc(N(C)CCC#N)cc2)COC(=O)/C(C#N)=C/c2ccc(N(C)CCC#N)cc2)cc1OC(F)(F)F. The van der Waals surface area contributed by atoms with Crippen molar-refractivity contribution in [3.05, 3.63) is 119 Å². The first-order chi connectivity index (χ1) is 34.5. The summed E-state index contributed by atoms with van der Waals surface area (Å²) in [5.41, 5.74) is -3.11. The number of hydrogen-bond acceptors (Lipinski definition) is 16. The molecule has 0 saturated carbocycles. The second-order valence-electron chi connectivity index (χ2n) is 15.8. The van der Waals surface area contributed by atoms with E-state index < -0.39 is 95.3 Å². The van der Waals surface area contributed by atoms with E-state index >= 15 is 0 Å². The molecule has 16 nitrogen and oxygen atoms in total. The number of nitrogens with zero attached hydrogens (tertiary/aromatic N) is 8. The fourth-order valence-corrected chi connectivity index (χ4v) is 6.25. The van der Waals surface area contributed by atoms with Crippen molar-refractivity contribution >= 4 is 53.2 Å². The van der Waals surface area contributed by atoms with E-state index in [-0.39, 0.29) is 25.9 Å². The summed E-state index contributed by atoms with van der Waals surface area (Å²) >= 11 is 0. The van der Waals surface area contributed by atoms with E-state index in [0.717, 1.165) is 16.3 Å². The molecule has 0 unspecified atom stereocenters. The highest BCUT2D eigenvalue weighted by molar-refractivity contribution is 5.99. The van der Waals surface area contributed by atoms with Gasteiger partial charge in [-0.3, -0.25) is 0 Å². The third-order valence-corrected chi connectivity index (χ3v) is 9.97. The Morgan fingerprint density at radius 2 is 0.959 bits per heavy atom. The largest absolute Gasteiger partial charge is 0.573 e. The molecule has 0 aliphatic carbocycles. The van der Waals surface area contributed by atoms with Gasteiger partial charge in [0.1, 0.15) is 60.5 Å². The molecule has 0 bridgehead atoms.